The normalized spacial score (nSPS) is 13.4. The molecule has 5 nitrogen and oxygen atoms in total. The van der Waals surface area contributed by atoms with Crippen LogP contribution in [0.5, 0.6) is 0 Å². The van der Waals surface area contributed by atoms with E-state index in [0.29, 0.717) is 23.3 Å². The van der Waals surface area contributed by atoms with Crippen molar-refractivity contribution >= 4 is 29.2 Å². The van der Waals surface area contributed by atoms with Crippen molar-refractivity contribution in [3.8, 4) is 0 Å². The number of hydrogen-bond acceptors (Lipinski definition) is 6. The Hall–Kier alpha value is -1.41. The molecule has 0 spiro atoms. The molecule has 30 heavy (non-hydrogen) atoms. The smallest absolute Gasteiger partial charge is 0.221 e. The largest absolute Gasteiger partial charge is 0.383 e. The molecule has 5 N–H and O–H groups in total. The van der Waals surface area contributed by atoms with Crippen molar-refractivity contribution in [2.24, 2.45) is 10.9 Å². The summed E-state index contributed by atoms with van der Waals surface area (Å²) in [5.74, 6) is 0.680. The summed E-state index contributed by atoms with van der Waals surface area (Å²) in [7, 11) is 0. The number of rotatable bonds is 6. The lowest BCUT2D eigenvalue weighted by Gasteiger charge is -2.23. The van der Waals surface area contributed by atoms with Gasteiger partial charge in [-0.2, -0.15) is 0 Å². The van der Waals surface area contributed by atoms with Crippen LogP contribution in [-0.4, -0.2) is 16.0 Å². The lowest BCUT2D eigenvalue weighted by Crippen LogP contribution is -2.18. The van der Waals surface area contributed by atoms with Gasteiger partial charge in [-0.15, -0.1) is 11.3 Å². The zero-order valence-corrected chi connectivity index (χ0v) is 20.5. The van der Waals surface area contributed by atoms with E-state index in [0.717, 1.165) is 22.6 Å². The quantitative estimate of drug-likeness (QED) is 0.551. The monoisotopic (exact) mass is 449 g/mol. The highest BCUT2D eigenvalue weighted by Gasteiger charge is 2.24. The van der Waals surface area contributed by atoms with Gasteiger partial charge in [-0.05, 0) is 84.7 Å². The first-order valence-corrected chi connectivity index (χ1v) is 12.2. The molecule has 0 saturated heterocycles. The SMILES string of the molecule is CC(C)(O)c1ncc(SN)s1.CC(C)c1cc2c(c(C(C)C)c1CC(N)=O)CCC2. The Morgan fingerprint density at radius 1 is 1.27 bits per heavy atom. The molecule has 2 aromatic rings. The first kappa shape index (κ1) is 24.9. The molecular formula is C23H35N3O2S2. The number of carbonyl (C=O) groups is 1. The summed E-state index contributed by atoms with van der Waals surface area (Å²) < 4.78 is 0.919. The highest BCUT2D eigenvalue weighted by atomic mass is 32.2. The Bertz CT molecular complexity index is 883. The molecule has 166 valence electrons. The molecule has 1 aromatic heterocycles. The second-order valence-electron chi connectivity index (χ2n) is 8.96. The number of hydrogen-bond donors (Lipinski definition) is 3. The fourth-order valence-corrected chi connectivity index (χ4v) is 5.22. The summed E-state index contributed by atoms with van der Waals surface area (Å²) in [4.78, 5) is 15.5. The number of aliphatic hydroxyl groups is 1. The van der Waals surface area contributed by atoms with E-state index in [2.05, 4.69) is 38.7 Å². The number of benzene rings is 1. The summed E-state index contributed by atoms with van der Waals surface area (Å²) in [6.07, 6.45) is 5.64. The zero-order valence-electron chi connectivity index (χ0n) is 18.9. The molecule has 0 bridgehead atoms. The summed E-state index contributed by atoms with van der Waals surface area (Å²) in [5, 5.41) is 15.5. The van der Waals surface area contributed by atoms with Crippen LogP contribution in [0.1, 0.15) is 92.6 Å². The second-order valence-corrected chi connectivity index (χ2v) is 10.9. The zero-order chi connectivity index (χ0) is 22.6. The van der Waals surface area contributed by atoms with Crippen LogP contribution in [0.4, 0.5) is 0 Å². The van der Waals surface area contributed by atoms with Gasteiger partial charge in [0.05, 0.1) is 16.8 Å². The van der Waals surface area contributed by atoms with Crippen molar-refractivity contribution in [3.63, 3.8) is 0 Å². The number of carbonyl (C=O) groups excluding carboxylic acids is 1. The molecule has 0 radical (unpaired) electrons. The molecule has 0 fully saturated rings. The third-order valence-corrected chi connectivity index (χ3v) is 7.24. The van der Waals surface area contributed by atoms with Crippen LogP contribution in [0.25, 0.3) is 0 Å². The van der Waals surface area contributed by atoms with E-state index < -0.39 is 5.60 Å². The molecule has 7 heteroatoms. The van der Waals surface area contributed by atoms with Crippen molar-refractivity contribution in [2.75, 3.05) is 0 Å². The highest BCUT2D eigenvalue weighted by molar-refractivity contribution is 7.99. The minimum Gasteiger partial charge on any atom is -0.383 e. The molecule has 1 aliphatic rings. The van der Waals surface area contributed by atoms with Crippen LogP contribution < -0.4 is 10.9 Å². The van der Waals surface area contributed by atoms with Gasteiger partial charge in [0.25, 0.3) is 0 Å². The van der Waals surface area contributed by atoms with Gasteiger partial charge in [-0.25, -0.2) is 4.98 Å². The lowest BCUT2D eigenvalue weighted by atomic mass is 9.82. The predicted octanol–water partition coefficient (Wildman–Crippen LogP) is 4.79. The Labute approximate surface area is 188 Å². The van der Waals surface area contributed by atoms with Gasteiger partial charge >= 0.3 is 0 Å². The molecular weight excluding hydrogens is 414 g/mol. The number of amides is 1. The van der Waals surface area contributed by atoms with Gasteiger partial charge in [-0.3, -0.25) is 9.93 Å². The van der Waals surface area contributed by atoms with E-state index in [4.69, 9.17) is 10.9 Å². The number of aryl methyl sites for hydroxylation is 1. The summed E-state index contributed by atoms with van der Waals surface area (Å²) in [6.45, 7) is 12.3. The van der Waals surface area contributed by atoms with E-state index in [-0.39, 0.29) is 5.91 Å². The molecule has 1 heterocycles. The van der Waals surface area contributed by atoms with Crippen molar-refractivity contribution in [2.45, 2.75) is 88.9 Å². The van der Waals surface area contributed by atoms with E-state index >= 15 is 0 Å². The average Bonchev–Trinajstić information content (AvgIpc) is 3.29. The molecule has 3 rings (SSSR count). The van der Waals surface area contributed by atoms with Gasteiger partial charge in [0.15, 0.2) is 0 Å². The van der Waals surface area contributed by atoms with Crippen molar-refractivity contribution in [3.05, 3.63) is 45.1 Å². The van der Waals surface area contributed by atoms with Crippen LogP contribution in [0.15, 0.2) is 16.5 Å². The van der Waals surface area contributed by atoms with Crippen LogP contribution in [0.2, 0.25) is 0 Å². The number of nitrogens with zero attached hydrogens (tertiary/aromatic N) is 1. The Kier molecular flexibility index (Phi) is 8.51. The van der Waals surface area contributed by atoms with Gasteiger partial charge in [0.1, 0.15) is 10.6 Å². The molecule has 1 amide bonds. The highest BCUT2D eigenvalue weighted by Crippen LogP contribution is 2.37. The van der Waals surface area contributed by atoms with Crippen molar-refractivity contribution in [1.82, 2.24) is 4.98 Å². The van der Waals surface area contributed by atoms with Gasteiger partial charge in [0.2, 0.25) is 5.91 Å². The van der Waals surface area contributed by atoms with E-state index in [9.17, 15) is 9.90 Å². The van der Waals surface area contributed by atoms with Crippen LogP contribution in [-0.2, 0) is 29.7 Å². The lowest BCUT2D eigenvalue weighted by molar-refractivity contribution is -0.117. The Morgan fingerprint density at radius 2 is 1.93 bits per heavy atom. The number of nitrogens with two attached hydrogens (primary N) is 2. The molecule has 0 saturated carbocycles. The maximum atomic E-state index is 11.4. The third kappa shape index (κ3) is 6.06. The Morgan fingerprint density at radius 3 is 2.37 bits per heavy atom. The topological polar surface area (TPSA) is 102 Å². The van der Waals surface area contributed by atoms with Crippen LogP contribution in [0, 0.1) is 0 Å². The number of aromatic nitrogens is 1. The maximum absolute atomic E-state index is 11.4. The maximum Gasteiger partial charge on any atom is 0.221 e. The molecule has 1 aromatic carbocycles. The third-order valence-electron chi connectivity index (χ3n) is 5.26. The molecule has 0 aliphatic heterocycles. The molecule has 0 unspecified atom stereocenters. The number of primary amides is 1. The number of fused-ring (bicyclic) bond motifs is 1. The first-order chi connectivity index (χ1) is 14.0. The summed E-state index contributed by atoms with van der Waals surface area (Å²) in [6, 6.07) is 2.33. The second kappa shape index (κ2) is 10.3. The van der Waals surface area contributed by atoms with Crippen molar-refractivity contribution < 1.29 is 9.90 Å². The van der Waals surface area contributed by atoms with Crippen LogP contribution >= 0.6 is 23.3 Å². The molecule has 0 atom stereocenters. The standard InChI is InChI=1S/C17H25NO.C6H10N2OS2/c1-10(2)14-8-12-6-5-7-13(12)17(11(3)4)15(14)9-16(18)19;1-6(2,9)5-8-3-4(10-5)11-7/h8,10-11H,5-7,9H2,1-4H3,(H2,18,19);3,9H,7H2,1-2H3. The minimum atomic E-state index is -0.849. The number of thiazole rings is 1. The summed E-state index contributed by atoms with van der Waals surface area (Å²) in [5.41, 5.74) is 11.5. The fraction of sp³-hybridized carbons (Fsp3) is 0.565. The van der Waals surface area contributed by atoms with Gasteiger partial charge in [0, 0.05) is 0 Å². The average molecular weight is 450 g/mol. The first-order valence-electron chi connectivity index (χ1n) is 10.5. The van der Waals surface area contributed by atoms with E-state index in [1.165, 1.54) is 52.0 Å². The Balaban J connectivity index is 0.000000248. The van der Waals surface area contributed by atoms with E-state index in [1.807, 2.05) is 0 Å². The molecule has 1 aliphatic carbocycles. The minimum absolute atomic E-state index is 0.221. The fourth-order valence-electron chi connectivity index (χ4n) is 4.03. The van der Waals surface area contributed by atoms with Crippen molar-refractivity contribution in [1.29, 1.82) is 0 Å². The van der Waals surface area contributed by atoms with Gasteiger partial charge in [-0.1, -0.05) is 33.8 Å². The summed E-state index contributed by atoms with van der Waals surface area (Å²) >= 11 is 2.57. The van der Waals surface area contributed by atoms with Gasteiger partial charge < -0.3 is 10.8 Å². The van der Waals surface area contributed by atoms with Crippen LogP contribution in [0.3, 0.4) is 0 Å². The predicted molar refractivity (Wildman–Crippen MR) is 127 cm³/mol. The van der Waals surface area contributed by atoms with E-state index in [1.54, 1.807) is 20.0 Å².